The van der Waals surface area contributed by atoms with Crippen molar-refractivity contribution in [3.05, 3.63) is 41.5 Å². The van der Waals surface area contributed by atoms with Crippen LogP contribution in [0.3, 0.4) is 0 Å². The molecular weight excluding hydrogens is 263 g/mol. The Balaban J connectivity index is 2.06. The van der Waals surface area contributed by atoms with Crippen molar-refractivity contribution in [2.45, 2.75) is 19.9 Å². The predicted molar refractivity (Wildman–Crippen MR) is 70.8 cm³/mol. The van der Waals surface area contributed by atoms with Crippen LogP contribution in [0.5, 0.6) is 0 Å². The zero-order valence-corrected chi connectivity index (χ0v) is 11.2. The molecule has 6 nitrogen and oxygen atoms in total. The molecule has 0 unspecified atom stereocenters. The van der Waals surface area contributed by atoms with Crippen molar-refractivity contribution in [2.24, 2.45) is 0 Å². The molecule has 2 N–H and O–H groups in total. The van der Waals surface area contributed by atoms with Gasteiger partial charge >= 0.3 is 0 Å². The van der Waals surface area contributed by atoms with Crippen molar-refractivity contribution >= 4 is 11.7 Å². The van der Waals surface area contributed by atoms with Crippen LogP contribution in [-0.4, -0.2) is 22.9 Å². The Kier molecular flexibility index (Phi) is 4.29. The van der Waals surface area contributed by atoms with Crippen LogP contribution in [0.15, 0.2) is 22.9 Å². The molecule has 1 amide bonds. The molecule has 0 bridgehead atoms. The van der Waals surface area contributed by atoms with E-state index in [9.17, 15) is 9.18 Å². The van der Waals surface area contributed by atoms with Crippen molar-refractivity contribution in [3.63, 3.8) is 0 Å². The van der Waals surface area contributed by atoms with Crippen LogP contribution in [0, 0.1) is 5.82 Å². The quantitative estimate of drug-likeness (QED) is 0.870. The van der Waals surface area contributed by atoms with E-state index in [0.717, 1.165) is 24.4 Å². The summed E-state index contributed by atoms with van der Waals surface area (Å²) in [4.78, 5) is 19.8. The minimum atomic E-state index is -0.571. The normalized spacial score (nSPS) is 10.3. The second-order valence-electron chi connectivity index (χ2n) is 4.06. The highest BCUT2D eigenvalue weighted by Gasteiger charge is 2.14. The number of hydrogen-bond donors (Lipinski definition) is 2. The van der Waals surface area contributed by atoms with E-state index in [2.05, 4.69) is 20.6 Å². The molecule has 0 saturated heterocycles. The topological polar surface area (TPSA) is 80.0 Å². The molecule has 0 aliphatic rings. The molecule has 2 aromatic rings. The highest BCUT2D eigenvalue weighted by molar-refractivity contribution is 5.98. The molecule has 2 aromatic heterocycles. The summed E-state index contributed by atoms with van der Waals surface area (Å²) in [6, 6.07) is 1.13. The monoisotopic (exact) mass is 278 g/mol. The van der Waals surface area contributed by atoms with Gasteiger partial charge in [0.15, 0.2) is 0 Å². The van der Waals surface area contributed by atoms with Crippen LogP contribution in [0.4, 0.5) is 10.2 Å². The van der Waals surface area contributed by atoms with Gasteiger partial charge in [-0.15, -0.1) is 0 Å². The van der Waals surface area contributed by atoms with E-state index >= 15 is 0 Å². The molecule has 0 saturated carbocycles. The van der Waals surface area contributed by atoms with E-state index in [-0.39, 0.29) is 12.1 Å². The largest absolute Gasteiger partial charge is 0.444 e. The van der Waals surface area contributed by atoms with E-state index in [4.69, 9.17) is 4.42 Å². The maximum atomic E-state index is 13.2. The van der Waals surface area contributed by atoms with Crippen molar-refractivity contribution in [3.8, 4) is 0 Å². The Morgan fingerprint density at radius 2 is 2.20 bits per heavy atom. The van der Waals surface area contributed by atoms with Crippen molar-refractivity contribution < 1.29 is 13.6 Å². The fraction of sp³-hybridized carbons (Fsp3) is 0.308. The third-order valence-corrected chi connectivity index (χ3v) is 2.69. The summed E-state index contributed by atoms with van der Waals surface area (Å²) in [5.41, 5.74) is 0.134. The molecule has 0 spiro atoms. The maximum absolute atomic E-state index is 13.2. The molecule has 2 rings (SSSR count). The van der Waals surface area contributed by atoms with E-state index < -0.39 is 11.7 Å². The summed E-state index contributed by atoms with van der Waals surface area (Å²) in [6.07, 6.45) is 3.40. The van der Waals surface area contributed by atoms with E-state index in [1.165, 1.54) is 0 Å². The van der Waals surface area contributed by atoms with Gasteiger partial charge in [0.1, 0.15) is 17.4 Å². The van der Waals surface area contributed by atoms with Gasteiger partial charge in [-0.25, -0.2) is 14.4 Å². The number of nitrogens with zero attached hydrogens (tertiary/aromatic N) is 2. The third kappa shape index (κ3) is 3.11. The van der Waals surface area contributed by atoms with Gasteiger partial charge in [-0.1, -0.05) is 6.92 Å². The summed E-state index contributed by atoms with van der Waals surface area (Å²) in [7, 11) is 1.61. The van der Waals surface area contributed by atoms with Gasteiger partial charge in [0.2, 0.25) is 5.89 Å². The molecular formula is C13H15FN4O2. The van der Waals surface area contributed by atoms with Gasteiger partial charge < -0.3 is 15.1 Å². The molecule has 7 heteroatoms. The van der Waals surface area contributed by atoms with Crippen LogP contribution < -0.4 is 10.6 Å². The number of rotatable bonds is 5. The number of halogens is 1. The minimum Gasteiger partial charge on any atom is -0.444 e. The molecule has 0 fully saturated rings. The first-order chi connectivity index (χ1) is 9.63. The zero-order valence-electron chi connectivity index (χ0n) is 11.2. The number of carbonyl (C=O) groups excluding carboxylic acids is 1. The Morgan fingerprint density at radius 1 is 1.40 bits per heavy atom. The molecule has 0 aliphatic carbocycles. The van der Waals surface area contributed by atoms with Crippen LogP contribution in [0.25, 0.3) is 0 Å². The number of anilines is 1. The number of hydrogen-bond acceptors (Lipinski definition) is 5. The number of aryl methyl sites for hydroxylation is 1. The smallest absolute Gasteiger partial charge is 0.255 e. The van der Waals surface area contributed by atoms with Crippen LogP contribution >= 0.6 is 0 Å². The molecule has 0 aliphatic heterocycles. The second kappa shape index (κ2) is 6.14. The van der Waals surface area contributed by atoms with Gasteiger partial charge in [0, 0.05) is 13.5 Å². The molecule has 2 heterocycles. The minimum absolute atomic E-state index is 0.134. The first-order valence-corrected chi connectivity index (χ1v) is 6.19. The lowest BCUT2D eigenvalue weighted by molar-refractivity contribution is 0.0947. The lowest BCUT2D eigenvalue weighted by Gasteiger charge is -2.07. The average Bonchev–Trinajstić information content (AvgIpc) is 2.92. The zero-order chi connectivity index (χ0) is 14.5. The molecule has 0 atom stereocenters. The summed E-state index contributed by atoms with van der Waals surface area (Å²) in [5.74, 6) is 0.449. The molecule has 0 aromatic carbocycles. The molecule has 106 valence electrons. The summed E-state index contributed by atoms with van der Waals surface area (Å²) in [6.45, 7) is 2.08. The molecule has 0 radical (unpaired) electrons. The summed E-state index contributed by atoms with van der Waals surface area (Å²) < 4.78 is 18.5. The lowest BCUT2D eigenvalue weighted by atomic mass is 10.2. The average molecular weight is 278 g/mol. The fourth-order valence-electron chi connectivity index (χ4n) is 1.66. The highest BCUT2D eigenvalue weighted by atomic mass is 19.1. The second-order valence-corrected chi connectivity index (χ2v) is 4.06. The van der Waals surface area contributed by atoms with Crippen molar-refractivity contribution in [1.82, 2.24) is 15.3 Å². The van der Waals surface area contributed by atoms with Gasteiger partial charge in [-0.2, -0.15) is 0 Å². The van der Waals surface area contributed by atoms with Crippen molar-refractivity contribution in [1.29, 1.82) is 0 Å². The number of aromatic nitrogens is 2. The standard InChI is InChI=1S/C13H15FN4O2/c1-3-9-6-16-11(20-9)7-18-13(19)10-4-8(14)5-17-12(10)15-2/h4-6H,3,7H2,1-2H3,(H,15,17)(H,18,19). The Bertz CT molecular complexity index is 612. The number of pyridine rings is 1. The Morgan fingerprint density at radius 3 is 2.85 bits per heavy atom. The van der Waals surface area contributed by atoms with Gasteiger partial charge in [0.25, 0.3) is 5.91 Å². The first-order valence-electron chi connectivity index (χ1n) is 6.19. The summed E-state index contributed by atoms with van der Waals surface area (Å²) >= 11 is 0. The number of carbonyl (C=O) groups is 1. The van der Waals surface area contributed by atoms with E-state index in [1.54, 1.807) is 13.2 Å². The third-order valence-electron chi connectivity index (χ3n) is 2.69. The van der Waals surface area contributed by atoms with Crippen LogP contribution in [0.1, 0.15) is 28.9 Å². The lowest BCUT2D eigenvalue weighted by Crippen LogP contribution is -2.24. The first kappa shape index (κ1) is 14.0. The Hall–Kier alpha value is -2.44. The summed E-state index contributed by atoms with van der Waals surface area (Å²) in [5, 5.41) is 5.35. The maximum Gasteiger partial charge on any atom is 0.255 e. The SMILES string of the molecule is CCc1cnc(CNC(=O)c2cc(F)cnc2NC)o1. The van der Waals surface area contributed by atoms with Crippen molar-refractivity contribution in [2.75, 3.05) is 12.4 Å². The number of nitrogens with one attached hydrogen (secondary N) is 2. The van der Waals surface area contributed by atoms with E-state index in [1.807, 2.05) is 6.92 Å². The number of oxazole rings is 1. The predicted octanol–water partition coefficient (Wildman–Crippen LogP) is 1.74. The van der Waals surface area contributed by atoms with E-state index in [0.29, 0.717) is 11.7 Å². The van der Waals surface area contributed by atoms with Gasteiger partial charge in [-0.05, 0) is 6.07 Å². The number of amides is 1. The molecule has 20 heavy (non-hydrogen) atoms. The van der Waals surface area contributed by atoms with Gasteiger partial charge in [0.05, 0.1) is 24.5 Å². The van der Waals surface area contributed by atoms with Gasteiger partial charge in [-0.3, -0.25) is 4.79 Å². The Labute approximate surface area is 115 Å². The van der Waals surface area contributed by atoms with Crippen LogP contribution in [-0.2, 0) is 13.0 Å². The fourth-order valence-corrected chi connectivity index (χ4v) is 1.66. The van der Waals surface area contributed by atoms with Crippen LogP contribution in [0.2, 0.25) is 0 Å². The highest BCUT2D eigenvalue weighted by Crippen LogP contribution is 2.13.